The number of nitrogens with one attached hydrogen (secondary N) is 1. The zero-order valence-corrected chi connectivity index (χ0v) is 13.0. The summed E-state index contributed by atoms with van der Waals surface area (Å²) in [4.78, 5) is 12.5. The molecular weight excluding hydrogens is 296 g/mol. The number of nitrogens with zero attached hydrogens (tertiary/aromatic N) is 2. The molecule has 3 N–H and O–H groups in total. The van der Waals surface area contributed by atoms with E-state index in [0.717, 1.165) is 16.9 Å². The van der Waals surface area contributed by atoms with Gasteiger partial charge in [-0.15, -0.1) is 5.10 Å². The van der Waals surface area contributed by atoms with E-state index in [0.29, 0.717) is 16.7 Å². The molecule has 7 heteroatoms. The summed E-state index contributed by atoms with van der Waals surface area (Å²) in [6.45, 7) is 4.41. The molecule has 0 saturated heterocycles. The number of aromatic amines is 1. The van der Waals surface area contributed by atoms with Crippen molar-refractivity contribution in [2.75, 3.05) is 0 Å². The molecule has 0 aliphatic rings. The van der Waals surface area contributed by atoms with E-state index in [9.17, 15) is 4.79 Å². The third kappa shape index (κ3) is 3.26. The van der Waals surface area contributed by atoms with E-state index >= 15 is 0 Å². The van der Waals surface area contributed by atoms with Crippen LogP contribution in [0.3, 0.4) is 0 Å². The Kier molecular flexibility index (Phi) is 4.91. The topological polar surface area (TPSA) is 76.7 Å². The van der Waals surface area contributed by atoms with Crippen LogP contribution in [0.5, 0.6) is 0 Å². The van der Waals surface area contributed by atoms with E-state index in [1.54, 1.807) is 4.57 Å². The van der Waals surface area contributed by atoms with Crippen molar-refractivity contribution < 1.29 is 0 Å². The van der Waals surface area contributed by atoms with Crippen LogP contribution in [0.2, 0.25) is 5.02 Å². The minimum Gasteiger partial charge on any atom is -0.328 e. The summed E-state index contributed by atoms with van der Waals surface area (Å²) in [5.41, 5.74) is 6.72. The normalized spacial score (nSPS) is 12.6. The van der Waals surface area contributed by atoms with Crippen molar-refractivity contribution in [3.8, 4) is 0 Å². The van der Waals surface area contributed by atoms with Crippen molar-refractivity contribution in [1.29, 1.82) is 0 Å². The molecule has 1 heterocycles. The molecule has 2 aromatic rings. The molecule has 2 rings (SSSR count). The number of halogens is 1. The molecule has 0 spiro atoms. The fourth-order valence-corrected chi connectivity index (χ4v) is 3.28. The van der Waals surface area contributed by atoms with E-state index in [-0.39, 0.29) is 11.7 Å². The van der Waals surface area contributed by atoms with Gasteiger partial charge in [-0.3, -0.25) is 4.57 Å². The van der Waals surface area contributed by atoms with E-state index < -0.39 is 0 Å². The fourth-order valence-electron chi connectivity index (χ4n) is 1.93. The van der Waals surface area contributed by atoms with E-state index in [2.05, 4.69) is 10.2 Å². The lowest BCUT2D eigenvalue weighted by molar-refractivity contribution is 0.660. The van der Waals surface area contributed by atoms with Gasteiger partial charge in [0.25, 0.3) is 0 Å². The Labute approximate surface area is 126 Å². The number of aromatic nitrogens is 3. The van der Waals surface area contributed by atoms with Crippen LogP contribution in [-0.2, 0) is 13.0 Å². The predicted molar refractivity (Wildman–Crippen MR) is 81.5 cm³/mol. The first-order chi connectivity index (χ1) is 9.52. The molecule has 20 heavy (non-hydrogen) atoms. The first-order valence-corrected chi connectivity index (χ1v) is 7.58. The first-order valence-electron chi connectivity index (χ1n) is 6.39. The van der Waals surface area contributed by atoms with Crippen LogP contribution in [0.15, 0.2) is 33.0 Å². The summed E-state index contributed by atoms with van der Waals surface area (Å²) >= 11 is 7.67. The van der Waals surface area contributed by atoms with Gasteiger partial charge in [-0.05, 0) is 43.7 Å². The maximum atomic E-state index is 11.6. The number of benzene rings is 1. The average Bonchev–Trinajstić information content (AvgIpc) is 2.73. The second kappa shape index (κ2) is 6.47. The molecule has 0 bridgehead atoms. The quantitative estimate of drug-likeness (QED) is 0.888. The van der Waals surface area contributed by atoms with Gasteiger partial charge in [-0.1, -0.05) is 23.7 Å². The Morgan fingerprint density at radius 1 is 1.55 bits per heavy atom. The van der Waals surface area contributed by atoms with Crippen molar-refractivity contribution in [2.45, 2.75) is 42.9 Å². The van der Waals surface area contributed by atoms with Crippen LogP contribution in [-0.4, -0.2) is 20.8 Å². The summed E-state index contributed by atoms with van der Waals surface area (Å²) in [7, 11) is 0. The average molecular weight is 313 g/mol. The van der Waals surface area contributed by atoms with Crippen LogP contribution in [0.25, 0.3) is 0 Å². The van der Waals surface area contributed by atoms with Crippen LogP contribution < -0.4 is 11.4 Å². The van der Waals surface area contributed by atoms with Gasteiger partial charge in [0, 0.05) is 17.5 Å². The predicted octanol–water partition coefficient (Wildman–Crippen LogP) is 2.29. The highest BCUT2D eigenvalue weighted by Gasteiger charge is 2.14. The minimum absolute atomic E-state index is 0.0420. The summed E-state index contributed by atoms with van der Waals surface area (Å²) in [5.74, 6) is 0. The molecule has 108 valence electrons. The maximum absolute atomic E-state index is 11.6. The molecular formula is C13H17ClN4OS. The highest BCUT2D eigenvalue weighted by molar-refractivity contribution is 7.99. The largest absolute Gasteiger partial charge is 0.343 e. The molecule has 0 fully saturated rings. The lowest BCUT2D eigenvalue weighted by Crippen LogP contribution is -2.18. The van der Waals surface area contributed by atoms with Gasteiger partial charge >= 0.3 is 5.69 Å². The Hall–Kier alpha value is -1.24. The van der Waals surface area contributed by atoms with Gasteiger partial charge in [0.2, 0.25) is 0 Å². The van der Waals surface area contributed by atoms with Crippen LogP contribution in [0.1, 0.15) is 19.4 Å². The molecule has 0 radical (unpaired) electrons. The van der Waals surface area contributed by atoms with Crippen LogP contribution in [0.4, 0.5) is 0 Å². The Morgan fingerprint density at radius 3 is 2.95 bits per heavy atom. The number of H-pyrrole nitrogens is 1. The molecule has 1 aromatic carbocycles. The standard InChI is InChI=1S/C13H17ClN4OS/c1-3-18-12(19)16-17-13(18)20-11-9(7-8(2)15)5-4-6-10(11)14/h4-6,8H,3,7,15H2,1-2H3,(H,16,19). The maximum Gasteiger partial charge on any atom is 0.343 e. The van der Waals surface area contributed by atoms with E-state index in [1.165, 1.54) is 11.8 Å². The number of hydrogen-bond acceptors (Lipinski definition) is 4. The van der Waals surface area contributed by atoms with Gasteiger partial charge in [0.05, 0.1) is 5.02 Å². The van der Waals surface area contributed by atoms with Crippen molar-refractivity contribution in [2.24, 2.45) is 5.73 Å². The Morgan fingerprint density at radius 2 is 2.30 bits per heavy atom. The fraction of sp³-hybridized carbons (Fsp3) is 0.385. The second-order valence-electron chi connectivity index (χ2n) is 4.57. The molecule has 5 nitrogen and oxygen atoms in total. The highest BCUT2D eigenvalue weighted by atomic mass is 35.5. The van der Waals surface area contributed by atoms with E-state index in [1.807, 2.05) is 32.0 Å². The molecule has 1 atom stereocenters. The third-order valence-electron chi connectivity index (χ3n) is 2.82. The van der Waals surface area contributed by atoms with Crippen LogP contribution in [0, 0.1) is 0 Å². The van der Waals surface area contributed by atoms with Gasteiger partial charge in [-0.25, -0.2) is 9.89 Å². The Balaban J connectivity index is 2.39. The minimum atomic E-state index is -0.212. The first kappa shape index (κ1) is 15.2. The van der Waals surface area contributed by atoms with E-state index in [4.69, 9.17) is 17.3 Å². The van der Waals surface area contributed by atoms with Gasteiger partial charge in [0.15, 0.2) is 5.16 Å². The lowest BCUT2D eigenvalue weighted by atomic mass is 10.1. The van der Waals surface area contributed by atoms with Gasteiger partial charge in [-0.2, -0.15) is 0 Å². The van der Waals surface area contributed by atoms with Gasteiger partial charge in [0.1, 0.15) is 0 Å². The van der Waals surface area contributed by atoms with Crippen LogP contribution >= 0.6 is 23.4 Å². The summed E-state index contributed by atoms with van der Waals surface area (Å²) in [5, 5.41) is 7.75. The summed E-state index contributed by atoms with van der Waals surface area (Å²) in [6.07, 6.45) is 0.726. The van der Waals surface area contributed by atoms with Crippen molar-refractivity contribution >= 4 is 23.4 Å². The van der Waals surface area contributed by atoms with Crippen molar-refractivity contribution in [1.82, 2.24) is 14.8 Å². The Bertz CT molecular complexity index is 650. The number of nitrogens with two attached hydrogens (primary N) is 1. The molecule has 1 unspecified atom stereocenters. The van der Waals surface area contributed by atoms with Crippen molar-refractivity contribution in [3.05, 3.63) is 39.3 Å². The zero-order chi connectivity index (χ0) is 14.7. The number of hydrogen-bond donors (Lipinski definition) is 2. The monoisotopic (exact) mass is 312 g/mol. The SMILES string of the molecule is CCn1c(Sc2c(Cl)cccc2CC(C)N)n[nH]c1=O. The molecule has 1 aromatic heterocycles. The lowest BCUT2D eigenvalue weighted by Gasteiger charge is -2.12. The zero-order valence-electron chi connectivity index (χ0n) is 11.4. The third-order valence-corrected chi connectivity index (χ3v) is 4.43. The summed E-state index contributed by atoms with van der Waals surface area (Å²) in [6, 6.07) is 5.77. The molecule has 0 aliphatic carbocycles. The highest BCUT2D eigenvalue weighted by Crippen LogP contribution is 2.35. The second-order valence-corrected chi connectivity index (χ2v) is 5.95. The van der Waals surface area contributed by atoms with Gasteiger partial charge < -0.3 is 5.73 Å². The summed E-state index contributed by atoms with van der Waals surface area (Å²) < 4.78 is 1.57. The molecule has 0 aliphatic heterocycles. The van der Waals surface area contributed by atoms with Crippen molar-refractivity contribution in [3.63, 3.8) is 0 Å². The smallest absolute Gasteiger partial charge is 0.328 e. The number of rotatable bonds is 5. The molecule has 0 saturated carbocycles. The molecule has 0 amide bonds.